The average Bonchev–Trinajstić information content (AvgIpc) is 3.23. The Morgan fingerprint density at radius 2 is 1.97 bits per heavy atom. The minimum atomic E-state index is -0.709. The van der Waals surface area contributed by atoms with E-state index >= 15 is 0 Å². The number of nitrogens with one attached hydrogen (secondary N) is 1. The number of primary amides is 1. The van der Waals surface area contributed by atoms with Crippen LogP contribution >= 0.6 is 0 Å². The lowest BCUT2D eigenvalue weighted by Crippen LogP contribution is -2.63. The second-order valence-electron chi connectivity index (χ2n) is 11.4. The molecule has 35 heavy (non-hydrogen) atoms. The van der Waals surface area contributed by atoms with Crippen LogP contribution in [0.25, 0.3) is 6.20 Å². The van der Waals surface area contributed by atoms with E-state index in [1.54, 1.807) is 23.2 Å². The third-order valence-electron chi connectivity index (χ3n) is 8.17. The molecular weight excluding hydrogens is 453 g/mol. The fraction of sp³-hybridized carbons (Fsp3) is 0.720. The summed E-state index contributed by atoms with van der Waals surface area (Å²) in [4.78, 5) is 27.3. The first kappa shape index (κ1) is 24.1. The highest BCUT2D eigenvalue weighted by Crippen LogP contribution is 2.57. The maximum Gasteiger partial charge on any atom is 0.405 e. The van der Waals surface area contributed by atoms with E-state index in [0.717, 1.165) is 32.1 Å². The number of aromatic nitrogens is 2. The summed E-state index contributed by atoms with van der Waals surface area (Å²) in [5, 5.41) is 7.79. The van der Waals surface area contributed by atoms with Gasteiger partial charge in [0.1, 0.15) is 17.0 Å². The van der Waals surface area contributed by atoms with E-state index in [9.17, 15) is 14.0 Å². The van der Waals surface area contributed by atoms with E-state index in [0.29, 0.717) is 43.6 Å². The van der Waals surface area contributed by atoms with Crippen LogP contribution in [0.5, 0.6) is 0 Å². The Bertz CT molecular complexity index is 986. The first-order chi connectivity index (χ1) is 16.7. The number of ether oxygens (including phenoxy) is 2. The molecule has 1 aromatic rings. The number of alkyl halides is 1. The number of morpholine rings is 1. The van der Waals surface area contributed by atoms with E-state index in [4.69, 9.17) is 15.2 Å². The number of amides is 2. The molecule has 0 spiro atoms. The summed E-state index contributed by atoms with van der Waals surface area (Å²) < 4.78 is 26.1. The lowest BCUT2D eigenvalue weighted by Gasteiger charge is -2.58. The van der Waals surface area contributed by atoms with Crippen molar-refractivity contribution >= 4 is 24.0 Å². The molecule has 9 nitrogen and oxygen atoms in total. The van der Waals surface area contributed by atoms with Crippen molar-refractivity contribution in [3.63, 3.8) is 0 Å². The first-order valence-corrected chi connectivity index (χ1v) is 12.6. The third-order valence-corrected chi connectivity index (χ3v) is 8.17. The number of rotatable bonds is 7. The van der Waals surface area contributed by atoms with Crippen molar-refractivity contribution in [3.8, 4) is 0 Å². The summed E-state index contributed by atoms with van der Waals surface area (Å²) in [6, 6.07) is 0.0329. The highest BCUT2D eigenvalue weighted by molar-refractivity contribution is 5.99. The van der Waals surface area contributed by atoms with Gasteiger partial charge in [0.25, 0.3) is 5.91 Å². The smallest absolute Gasteiger partial charge is 0.405 e. The van der Waals surface area contributed by atoms with Gasteiger partial charge in [0, 0.05) is 30.7 Å². The van der Waals surface area contributed by atoms with Gasteiger partial charge in [0.05, 0.1) is 26.1 Å². The number of halogens is 1. The fourth-order valence-electron chi connectivity index (χ4n) is 6.79. The largest absolute Gasteiger partial charge is 0.443 e. The molecule has 5 aliphatic rings. The molecule has 4 bridgehead atoms. The fourth-order valence-corrected chi connectivity index (χ4v) is 6.79. The summed E-state index contributed by atoms with van der Waals surface area (Å²) in [7, 11) is 0. The van der Waals surface area contributed by atoms with E-state index in [2.05, 4.69) is 15.3 Å². The van der Waals surface area contributed by atoms with E-state index in [1.807, 2.05) is 13.8 Å². The molecule has 1 aromatic heterocycles. The Kier molecular flexibility index (Phi) is 6.27. The maximum absolute atomic E-state index is 13.6. The average molecular weight is 490 g/mol. The minimum Gasteiger partial charge on any atom is -0.443 e. The minimum absolute atomic E-state index is 0.0329. The van der Waals surface area contributed by atoms with Crippen LogP contribution < -0.4 is 16.0 Å². The van der Waals surface area contributed by atoms with E-state index < -0.39 is 23.8 Å². The van der Waals surface area contributed by atoms with Gasteiger partial charge in [-0.05, 0) is 49.9 Å². The number of anilines is 1. The molecule has 10 heteroatoms. The second-order valence-corrected chi connectivity index (χ2v) is 11.4. The van der Waals surface area contributed by atoms with Crippen molar-refractivity contribution in [1.29, 1.82) is 0 Å². The zero-order chi connectivity index (χ0) is 24.8. The number of nitrogens with two attached hydrogens (primary N) is 1. The maximum atomic E-state index is 13.6. The van der Waals surface area contributed by atoms with Crippen molar-refractivity contribution in [1.82, 2.24) is 15.1 Å². The predicted octanol–water partition coefficient (Wildman–Crippen LogP) is 2.96. The van der Waals surface area contributed by atoms with Gasteiger partial charge < -0.3 is 25.4 Å². The number of nitrogens with zero attached hydrogens (tertiary/aromatic N) is 3. The van der Waals surface area contributed by atoms with Crippen LogP contribution in [-0.2, 0) is 9.47 Å². The molecule has 0 radical (unpaired) electrons. The van der Waals surface area contributed by atoms with Crippen LogP contribution in [-0.4, -0.2) is 66.4 Å². The molecule has 6 rings (SSSR count). The summed E-state index contributed by atoms with van der Waals surface area (Å²) >= 11 is 0. The molecule has 0 aromatic carbocycles. The Hall–Kier alpha value is -2.62. The van der Waals surface area contributed by atoms with Crippen LogP contribution in [0.2, 0.25) is 0 Å². The molecule has 1 saturated heterocycles. The van der Waals surface area contributed by atoms with Crippen molar-refractivity contribution in [2.24, 2.45) is 28.9 Å². The lowest BCUT2D eigenvalue weighted by atomic mass is 9.52. The number of hydrogen-bond donors (Lipinski definition) is 2. The molecular formula is C25H36FN5O4. The Morgan fingerprint density at radius 3 is 2.60 bits per heavy atom. The molecule has 2 atom stereocenters. The van der Waals surface area contributed by atoms with Gasteiger partial charge in [-0.15, -0.1) is 0 Å². The number of carbonyl (C=O) groups is 2. The quantitative estimate of drug-likeness (QED) is 0.609. The lowest BCUT2D eigenvalue weighted by molar-refractivity contribution is -0.137. The van der Waals surface area contributed by atoms with Crippen LogP contribution in [0.15, 0.2) is 12.3 Å². The Morgan fingerprint density at radius 1 is 1.29 bits per heavy atom. The number of carbonyl (C=O) groups excluding carboxylic acids is 2. The highest BCUT2D eigenvalue weighted by atomic mass is 19.1. The second kappa shape index (κ2) is 9.11. The van der Waals surface area contributed by atoms with Crippen molar-refractivity contribution in [2.45, 2.75) is 57.6 Å². The third kappa shape index (κ3) is 4.77. The summed E-state index contributed by atoms with van der Waals surface area (Å²) in [6.45, 7) is 5.58. The van der Waals surface area contributed by atoms with Crippen molar-refractivity contribution < 1.29 is 23.5 Å². The van der Waals surface area contributed by atoms with Gasteiger partial charge in [0.2, 0.25) is 0 Å². The van der Waals surface area contributed by atoms with Crippen LogP contribution in [0, 0.1) is 23.2 Å². The van der Waals surface area contributed by atoms with Crippen LogP contribution in [0.4, 0.5) is 15.0 Å². The van der Waals surface area contributed by atoms with Gasteiger partial charge in [0.15, 0.2) is 0 Å². The number of hydrogen-bond acceptors (Lipinski definition) is 6. The molecule has 2 heterocycles. The molecule has 2 amide bonds. The SMILES string of the molecule is CC(C)(/C=C/n1ncc(C(=O)N[C@H]2C3CC4CC2C[C@](OC(N)=O)(C4)C3)c1N1CCOCC1)CF. The topological polar surface area (TPSA) is 112 Å². The van der Waals surface area contributed by atoms with E-state index in [-0.39, 0.29) is 23.8 Å². The normalized spacial score (nSPS) is 32.3. The molecule has 192 valence electrons. The Labute approximate surface area is 205 Å². The van der Waals surface area contributed by atoms with Gasteiger partial charge in [-0.2, -0.15) is 5.10 Å². The Balaban J connectivity index is 1.37. The van der Waals surface area contributed by atoms with Gasteiger partial charge in [-0.3, -0.25) is 9.18 Å². The summed E-state index contributed by atoms with van der Waals surface area (Å²) in [5.74, 6) is 1.58. The summed E-state index contributed by atoms with van der Waals surface area (Å²) in [5.41, 5.74) is 4.79. The van der Waals surface area contributed by atoms with Crippen LogP contribution in [0.1, 0.15) is 56.3 Å². The zero-order valence-corrected chi connectivity index (χ0v) is 20.5. The standard InChI is InChI=1S/C25H36FN5O4/c1-24(2,15-26)3-4-31-22(30-5-7-34-8-6-30)19(14-28-31)21(32)29-20-17-9-16-10-18(20)13-25(11-16,12-17)35-23(27)33/h3-4,14,16-18,20H,5-13,15H2,1-2H3,(H2,27,33)(H,29,32)/b4-3+/t16?,17?,18?,20-,25-. The summed E-state index contributed by atoms with van der Waals surface area (Å²) in [6.07, 6.45) is 8.83. The van der Waals surface area contributed by atoms with Gasteiger partial charge in [-0.1, -0.05) is 19.9 Å². The molecule has 4 aliphatic carbocycles. The van der Waals surface area contributed by atoms with Crippen molar-refractivity contribution in [3.05, 3.63) is 17.8 Å². The van der Waals surface area contributed by atoms with Gasteiger partial charge in [-0.25, -0.2) is 9.48 Å². The molecule has 4 saturated carbocycles. The monoisotopic (exact) mass is 489 g/mol. The molecule has 2 unspecified atom stereocenters. The van der Waals surface area contributed by atoms with Gasteiger partial charge >= 0.3 is 6.09 Å². The van der Waals surface area contributed by atoms with Crippen molar-refractivity contribution in [2.75, 3.05) is 37.9 Å². The first-order valence-electron chi connectivity index (χ1n) is 12.6. The highest BCUT2D eigenvalue weighted by Gasteiger charge is 2.57. The van der Waals surface area contributed by atoms with Crippen LogP contribution in [0.3, 0.4) is 0 Å². The zero-order valence-electron chi connectivity index (χ0n) is 20.5. The predicted molar refractivity (Wildman–Crippen MR) is 129 cm³/mol. The molecule has 3 N–H and O–H groups in total. The number of allylic oxidation sites excluding steroid dienone is 1. The van der Waals surface area contributed by atoms with E-state index in [1.165, 1.54) is 0 Å². The molecule has 5 fully saturated rings. The molecule has 1 aliphatic heterocycles.